The maximum Gasteiger partial charge on any atom is 0.250 e. The molecule has 0 saturated carbocycles. The summed E-state index contributed by atoms with van der Waals surface area (Å²) in [5.74, 6) is 2.16. The van der Waals surface area contributed by atoms with E-state index in [0.717, 1.165) is 42.5 Å². The van der Waals surface area contributed by atoms with Crippen LogP contribution in [0.4, 0.5) is 5.13 Å². The van der Waals surface area contributed by atoms with Crippen LogP contribution in [0.15, 0.2) is 23.0 Å². The quantitative estimate of drug-likeness (QED) is 0.716. The standard InChI is InChI=1S/C22H32N4OS/c1-14(2)8-9-19-17-11-16(18-6-5-7-21(27)26(18)19)12-25(13-17)22-24-23-20(28-22)10-15(3)4/h5-7,14-17,19H,8-13H2,1-4H3/t16-,17+,19+/m1/s1. The lowest BCUT2D eigenvalue weighted by Gasteiger charge is -2.47. The molecule has 4 heterocycles. The number of hydrogen-bond donors (Lipinski definition) is 0. The second-order valence-electron chi connectivity index (χ2n) is 9.37. The first-order valence-corrected chi connectivity index (χ1v) is 11.5. The van der Waals surface area contributed by atoms with Crippen LogP contribution in [0.1, 0.15) is 69.6 Å². The van der Waals surface area contributed by atoms with Crippen LogP contribution in [-0.2, 0) is 6.42 Å². The predicted molar refractivity (Wildman–Crippen MR) is 115 cm³/mol. The van der Waals surface area contributed by atoms with Crippen LogP contribution in [0.25, 0.3) is 0 Å². The highest BCUT2D eigenvalue weighted by molar-refractivity contribution is 7.15. The van der Waals surface area contributed by atoms with Crippen LogP contribution in [0.3, 0.4) is 0 Å². The van der Waals surface area contributed by atoms with Gasteiger partial charge in [0, 0.05) is 43.2 Å². The molecule has 28 heavy (non-hydrogen) atoms. The molecule has 0 unspecified atom stereocenters. The summed E-state index contributed by atoms with van der Waals surface area (Å²) >= 11 is 1.75. The Bertz CT molecular complexity index is 871. The first kappa shape index (κ1) is 19.6. The van der Waals surface area contributed by atoms with E-state index in [-0.39, 0.29) is 5.56 Å². The summed E-state index contributed by atoms with van der Waals surface area (Å²) in [7, 11) is 0. The van der Waals surface area contributed by atoms with Crippen molar-refractivity contribution in [3.05, 3.63) is 39.3 Å². The van der Waals surface area contributed by atoms with Crippen LogP contribution >= 0.6 is 11.3 Å². The Hall–Kier alpha value is -1.69. The molecule has 2 bridgehead atoms. The van der Waals surface area contributed by atoms with Gasteiger partial charge in [0.25, 0.3) is 5.56 Å². The van der Waals surface area contributed by atoms with Crippen LogP contribution in [-0.4, -0.2) is 27.9 Å². The number of pyridine rings is 1. The normalized spacial score (nSPS) is 24.1. The molecule has 0 N–H and O–H groups in total. The molecule has 1 saturated heterocycles. The van der Waals surface area contributed by atoms with Gasteiger partial charge in [0.15, 0.2) is 0 Å². The topological polar surface area (TPSA) is 51.0 Å². The first-order chi connectivity index (χ1) is 13.4. The molecule has 5 nitrogen and oxygen atoms in total. The van der Waals surface area contributed by atoms with Gasteiger partial charge in [-0.25, -0.2) is 0 Å². The van der Waals surface area contributed by atoms with Crippen molar-refractivity contribution in [1.29, 1.82) is 0 Å². The zero-order valence-corrected chi connectivity index (χ0v) is 18.3. The molecule has 6 heteroatoms. The van der Waals surface area contributed by atoms with Gasteiger partial charge >= 0.3 is 0 Å². The third kappa shape index (κ3) is 3.88. The summed E-state index contributed by atoms with van der Waals surface area (Å²) in [6.45, 7) is 10.9. The van der Waals surface area contributed by atoms with Gasteiger partial charge in [0.2, 0.25) is 5.13 Å². The SMILES string of the molecule is CC(C)CC[C@H]1[C@H]2C[C@H](CN(c3nnc(CC(C)C)s3)C2)c2cccc(=O)n21. The van der Waals surface area contributed by atoms with Crippen molar-refractivity contribution in [2.45, 2.75) is 65.3 Å². The summed E-state index contributed by atoms with van der Waals surface area (Å²) in [5, 5.41) is 11.1. The van der Waals surface area contributed by atoms with Crippen molar-refractivity contribution in [2.75, 3.05) is 18.0 Å². The van der Waals surface area contributed by atoms with Gasteiger partial charge in [0.05, 0.1) is 0 Å². The van der Waals surface area contributed by atoms with Crippen LogP contribution in [0.5, 0.6) is 0 Å². The molecule has 2 aliphatic heterocycles. The maximum absolute atomic E-state index is 12.7. The Morgan fingerprint density at radius 1 is 1.14 bits per heavy atom. The Kier molecular flexibility index (Phi) is 5.59. The monoisotopic (exact) mass is 400 g/mol. The van der Waals surface area contributed by atoms with Crippen LogP contribution in [0.2, 0.25) is 0 Å². The van der Waals surface area contributed by atoms with E-state index >= 15 is 0 Å². The fourth-order valence-corrected chi connectivity index (χ4v) is 5.94. The highest BCUT2D eigenvalue weighted by atomic mass is 32.1. The van der Waals surface area contributed by atoms with E-state index in [1.807, 2.05) is 6.07 Å². The molecule has 3 atom stereocenters. The number of nitrogens with zero attached hydrogens (tertiary/aromatic N) is 4. The Labute approximate surface area is 171 Å². The van der Waals surface area contributed by atoms with Crippen molar-refractivity contribution < 1.29 is 0 Å². The largest absolute Gasteiger partial charge is 0.346 e. The highest BCUT2D eigenvalue weighted by Crippen LogP contribution is 2.44. The molecule has 0 spiro atoms. The fraction of sp³-hybridized carbons (Fsp3) is 0.682. The summed E-state index contributed by atoms with van der Waals surface area (Å²) in [4.78, 5) is 15.2. The molecule has 0 aliphatic carbocycles. The molecule has 2 aromatic rings. The Morgan fingerprint density at radius 2 is 1.96 bits per heavy atom. The lowest BCUT2D eigenvalue weighted by atomic mass is 9.77. The van der Waals surface area contributed by atoms with E-state index in [1.54, 1.807) is 17.4 Å². The Morgan fingerprint density at radius 3 is 2.71 bits per heavy atom. The predicted octanol–water partition coefficient (Wildman–Crippen LogP) is 4.50. The van der Waals surface area contributed by atoms with Gasteiger partial charge in [0.1, 0.15) is 5.01 Å². The molecule has 2 aromatic heterocycles. The second kappa shape index (κ2) is 7.97. The average Bonchev–Trinajstić information content (AvgIpc) is 3.09. The summed E-state index contributed by atoms with van der Waals surface area (Å²) in [6.07, 6.45) is 4.41. The molecule has 0 aromatic carbocycles. The lowest BCUT2D eigenvalue weighted by molar-refractivity contribution is 0.195. The van der Waals surface area contributed by atoms with Gasteiger partial charge in [-0.1, -0.05) is 45.1 Å². The van der Waals surface area contributed by atoms with Crippen molar-refractivity contribution >= 4 is 16.5 Å². The number of rotatable bonds is 6. The molecular formula is C22H32N4OS. The number of piperidine rings is 1. The average molecular weight is 401 g/mol. The minimum atomic E-state index is 0.171. The van der Waals surface area contributed by atoms with E-state index in [9.17, 15) is 4.79 Å². The van der Waals surface area contributed by atoms with Crippen molar-refractivity contribution in [3.63, 3.8) is 0 Å². The zero-order chi connectivity index (χ0) is 19.8. The van der Waals surface area contributed by atoms with E-state index in [2.05, 4.69) is 53.4 Å². The maximum atomic E-state index is 12.7. The van der Waals surface area contributed by atoms with Gasteiger partial charge in [-0.15, -0.1) is 10.2 Å². The van der Waals surface area contributed by atoms with Crippen LogP contribution < -0.4 is 10.5 Å². The number of fused-ring (bicyclic) bond motifs is 4. The number of anilines is 1. The number of hydrogen-bond acceptors (Lipinski definition) is 5. The molecule has 152 valence electrons. The van der Waals surface area contributed by atoms with Gasteiger partial charge < -0.3 is 9.47 Å². The molecule has 2 aliphatic rings. The van der Waals surface area contributed by atoms with Gasteiger partial charge in [-0.05, 0) is 43.1 Å². The summed E-state index contributed by atoms with van der Waals surface area (Å²) < 4.78 is 2.13. The second-order valence-corrected chi connectivity index (χ2v) is 10.4. The summed E-state index contributed by atoms with van der Waals surface area (Å²) in [5.41, 5.74) is 1.39. The van der Waals surface area contributed by atoms with E-state index in [4.69, 9.17) is 0 Å². The third-order valence-corrected chi connectivity index (χ3v) is 7.15. The first-order valence-electron chi connectivity index (χ1n) is 10.7. The smallest absolute Gasteiger partial charge is 0.250 e. The third-order valence-electron chi connectivity index (χ3n) is 6.15. The highest BCUT2D eigenvalue weighted by Gasteiger charge is 2.41. The van der Waals surface area contributed by atoms with Gasteiger partial charge in [-0.3, -0.25) is 4.79 Å². The van der Waals surface area contributed by atoms with E-state index < -0.39 is 0 Å². The van der Waals surface area contributed by atoms with Crippen molar-refractivity contribution in [3.8, 4) is 0 Å². The van der Waals surface area contributed by atoms with Crippen LogP contribution in [0, 0.1) is 17.8 Å². The number of aromatic nitrogens is 3. The molecule has 0 amide bonds. The Balaban J connectivity index is 1.63. The van der Waals surface area contributed by atoms with E-state index in [1.165, 1.54) is 12.1 Å². The fourth-order valence-electron chi connectivity index (χ4n) is 4.88. The molecule has 4 rings (SSSR count). The zero-order valence-electron chi connectivity index (χ0n) is 17.5. The van der Waals surface area contributed by atoms with Crippen molar-refractivity contribution in [2.24, 2.45) is 17.8 Å². The molecule has 0 radical (unpaired) electrons. The lowest BCUT2D eigenvalue weighted by Crippen LogP contribution is -2.49. The molecular weight excluding hydrogens is 368 g/mol. The summed E-state index contributed by atoms with van der Waals surface area (Å²) in [6, 6.07) is 6.12. The minimum absolute atomic E-state index is 0.171. The minimum Gasteiger partial charge on any atom is -0.346 e. The van der Waals surface area contributed by atoms with Gasteiger partial charge in [-0.2, -0.15) is 0 Å². The molecule has 1 fully saturated rings. The van der Waals surface area contributed by atoms with Crippen molar-refractivity contribution in [1.82, 2.24) is 14.8 Å². The van der Waals surface area contributed by atoms with E-state index in [0.29, 0.717) is 29.7 Å².